The number of aliphatic hydroxyl groups excluding tert-OH is 1. The van der Waals surface area contributed by atoms with Crippen LogP contribution in [-0.4, -0.2) is 67.4 Å². The van der Waals surface area contributed by atoms with Crippen molar-refractivity contribution in [2.24, 2.45) is 0 Å². The van der Waals surface area contributed by atoms with Gasteiger partial charge in [0.25, 0.3) is 0 Å². The average Bonchev–Trinajstić information content (AvgIpc) is 2.83. The Balaban J connectivity index is 2.35. The van der Waals surface area contributed by atoms with Crippen molar-refractivity contribution in [3.05, 3.63) is 61.2 Å². The summed E-state index contributed by atoms with van der Waals surface area (Å²) >= 11 is 0. The van der Waals surface area contributed by atoms with Gasteiger partial charge in [0.15, 0.2) is 24.6 Å². The van der Waals surface area contributed by atoms with Crippen molar-refractivity contribution in [2.45, 2.75) is 56.4 Å². The first-order valence-corrected chi connectivity index (χ1v) is 10.6. The zero-order valence-electron chi connectivity index (χ0n) is 18.6. The number of allylic oxidation sites excluding steroid dienone is 2. The normalized spacial score (nSPS) is 24.4. The lowest BCUT2D eigenvalue weighted by Crippen LogP contribution is -2.62. The number of carbonyl (C=O) groups is 3. The first kappa shape index (κ1) is 26.2. The molecule has 1 aromatic rings. The van der Waals surface area contributed by atoms with Gasteiger partial charge >= 0.3 is 17.9 Å². The van der Waals surface area contributed by atoms with Crippen molar-refractivity contribution < 1.29 is 43.2 Å². The highest BCUT2D eigenvalue weighted by atomic mass is 16.7. The number of esters is 3. The Hall–Kier alpha value is -3.01. The molecule has 0 bridgehead atoms. The summed E-state index contributed by atoms with van der Waals surface area (Å²) in [5.41, 5.74) is 0.249. The Morgan fingerprint density at radius 2 is 1.52 bits per heavy atom. The molecule has 0 unspecified atom stereocenters. The summed E-state index contributed by atoms with van der Waals surface area (Å²) in [5, 5.41) is 9.89. The molecule has 0 aromatic heterocycles. The standard InChI is InChI=1S/C24H30O9/c1-4-6-13-18(26)31-21-20(33-23(28)16-11-9-8-10-12-16)17(15-25)30-24(29-3)22(21)32-19(27)14-7-5-2/h4-5,8-12,17,20-22,24-25H,1-2,6-7,13-15H2,3H3/t17-,20-,21+,22+,24+/m1/s1. The zero-order valence-corrected chi connectivity index (χ0v) is 18.6. The maximum absolute atomic E-state index is 12.7. The van der Waals surface area contributed by atoms with E-state index in [-0.39, 0.29) is 18.4 Å². The summed E-state index contributed by atoms with van der Waals surface area (Å²) in [7, 11) is 1.32. The van der Waals surface area contributed by atoms with Gasteiger partial charge in [0.1, 0.15) is 6.10 Å². The van der Waals surface area contributed by atoms with Crippen molar-refractivity contribution in [3.8, 4) is 0 Å². The molecule has 0 aliphatic carbocycles. The number of aliphatic hydroxyl groups is 1. The highest BCUT2D eigenvalue weighted by Crippen LogP contribution is 2.30. The van der Waals surface area contributed by atoms with Crippen LogP contribution in [0.2, 0.25) is 0 Å². The molecule has 1 N–H and O–H groups in total. The number of methoxy groups -OCH3 is 1. The molecule has 0 spiro atoms. The lowest BCUT2D eigenvalue weighted by atomic mass is 9.98. The van der Waals surface area contributed by atoms with Crippen LogP contribution < -0.4 is 0 Å². The molecule has 1 aromatic carbocycles. The zero-order chi connectivity index (χ0) is 24.2. The monoisotopic (exact) mass is 462 g/mol. The van der Waals surface area contributed by atoms with Crippen molar-refractivity contribution in [1.29, 1.82) is 0 Å². The highest BCUT2D eigenvalue weighted by Gasteiger charge is 2.52. The topological polar surface area (TPSA) is 118 Å². The summed E-state index contributed by atoms with van der Waals surface area (Å²) in [6, 6.07) is 8.17. The minimum absolute atomic E-state index is 0.0127. The van der Waals surface area contributed by atoms with Gasteiger partial charge in [0.2, 0.25) is 0 Å². The molecule has 2 rings (SSSR count). The van der Waals surface area contributed by atoms with Crippen molar-refractivity contribution in [2.75, 3.05) is 13.7 Å². The van der Waals surface area contributed by atoms with Gasteiger partial charge < -0.3 is 28.8 Å². The maximum atomic E-state index is 12.7. The van der Waals surface area contributed by atoms with E-state index in [1.54, 1.807) is 42.5 Å². The van der Waals surface area contributed by atoms with Crippen molar-refractivity contribution >= 4 is 17.9 Å². The number of hydrogen-bond donors (Lipinski definition) is 1. The minimum Gasteiger partial charge on any atom is -0.454 e. The van der Waals surface area contributed by atoms with Crippen molar-refractivity contribution in [1.82, 2.24) is 0 Å². The molecule has 1 aliphatic heterocycles. The van der Waals surface area contributed by atoms with E-state index in [4.69, 9.17) is 23.7 Å². The van der Waals surface area contributed by atoms with Crippen LogP contribution in [-0.2, 0) is 33.3 Å². The van der Waals surface area contributed by atoms with Crippen LogP contribution in [0.1, 0.15) is 36.0 Å². The Morgan fingerprint density at radius 3 is 2.03 bits per heavy atom. The smallest absolute Gasteiger partial charge is 0.338 e. The van der Waals surface area contributed by atoms with E-state index in [0.717, 1.165) is 0 Å². The summed E-state index contributed by atoms with van der Waals surface area (Å²) in [6.45, 7) is 6.58. The summed E-state index contributed by atoms with van der Waals surface area (Å²) in [4.78, 5) is 37.5. The fourth-order valence-electron chi connectivity index (χ4n) is 3.24. The first-order valence-electron chi connectivity index (χ1n) is 10.6. The number of ether oxygens (including phenoxy) is 5. The third-order valence-electron chi connectivity index (χ3n) is 4.90. The number of hydrogen-bond acceptors (Lipinski definition) is 9. The number of benzene rings is 1. The summed E-state index contributed by atoms with van der Waals surface area (Å²) in [6.07, 6.45) is -2.15. The van der Waals surface area contributed by atoms with Gasteiger partial charge in [-0.3, -0.25) is 9.59 Å². The van der Waals surface area contributed by atoms with Gasteiger partial charge in [-0.25, -0.2) is 4.79 Å². The van der Waals surface area contributed by atoms with Crippen LogP contribution in [0.4, 0.5) is 0 Å². The fourth-order valence-corrected chi connectivity index (χ4v) is 3.24. The van der Waals surface area contributed by atoms with Crippen LogP contribution in [0.3, 0.4) is 0 Å². The molecule has 0 saturated carbocycles. The highest BCUT2D eigenvalue weighted by molar-refractivity contribution is 5.89. The molecule has 5 atom stereocenters. The Bertz CT molecular complexity index is 807. The summed E-state index contributed by atoms with van der Waals surface area (Å²) < 4.78 is 27.7. The van der Waals surface area contributed by atoms with E-state index in [1.807, 2.05) is 0 Å². The molecule has 0 radical (unpaired) electrons. The van der Waals surface area contributed by atoms with E-state index in [2.05, 4.69) is 13.2 Å². The Labute approximate surface area is 192 Å². The van der Waals surface area contributed by atoms with E-state index in [9.17, 15) is 19.5 Å². The second-order valence-electron chi connectivity index (χ2n) is 7.26. The Morgan fingerprint density at radius 1 is 0.939 bits per heavy atom. The van der Waals surface area contributed by atoms with Gasteiger partial charge in [0.05, 0.1) is 12.2 Å². The molecular weight excluding hydrogens is 432 g/mol. The van der Waals surface area contributed by atoms with E-state index in [0.29, 0.717) is 12.8 Å². The lowest BCUT2D eigenvalue weighted by molar-refractivity contribution is -0.299. The van der Waals surface area contributed by atoms with Gasteiger partial charge in [-0.05, 0) is 25.0 Å². The van der Waals surface area contributed by atoms with Crippen LogP contribution >= 0.6 is 0 Å². The largest absolute Gasteiger partial charge is 0.454 e. The van der Waals surface area contributed by atoms with Crippen LogP contribution in [0.15, 0.2) is 55.6 Å². The SMILES string of the molecule is C=CCCC(=O)O[C@@H]1[C@H](OC(=O)CCC=C)[C@@H](OC)O[C@H](CO)[C@H]1OC(=O)c1ccccc1. The van der Waals surface area contributed by atoms with Gasteiger partial charge in [-0.1, -0.05) is 30.4 Å². The van der Waals surface area contributed by atoms with Crippen LogP contribution in [0.5, 0.6) is 0 Å². The van der Waals surface area contributed by atoms with Gasteiger partial charge in [-0.15, -0.1) is 13.2 Å². The molecule has 0 amide bonds. The van der Waals surface area contributed by atoms with Gasteiger partial charge in [0, 0.05) is 20.0 Å². The van der Waals surface area contributed by atoms with Crippen molar-refractivity contribution in [3.63, 3.8) is 0 Å². The quantitative estimate of drug-likeness (QED) is 0.284. The van der Waals surface area contributed by atoms with E-state index >= 15 is 0 Å². The molecule has 1 aliphatic rings. The third-order valence-corrected chi connectivity index (χ3v) is 4.90. The van der Waals surface area contributed by atoms with Gasteiger partial charge in [-0.2, -0.15) is 0 Å². The summed E-state index contributed by atoms with van der Waals surface area (Å²) in [5.74, 6) is -1.95. The predicted octanol–water partition coefficient (Wildman–Crippen LogP) is 2.33. The minimum atomic E-state index is -1.28. The molecule has 1 fully saturated rings. The molecular formula is C24H30O9. The Kier molecular flexibility index (Phi) is 10.8. The maximum Gasteiger partial charge on any atom is 0.338 e. The molecule has 9 nitrogen and oxygen atoms in total. The average molecular weight is 462 g/mol. The fraction of sp³-hybridized carbons (Fsp3) is 0.458. The molecule has 180 valence electrons. The second kappa shape index (κ2) is 13.5. The number of carbonyl (C=O) groups excluding carboxylic acids is 3. The first-order chi connectivity index (χ1) is 15.9. The van der Waals surface area contributed by atoms with Crippen LogP contribution in [0.25, 0.3) is 0 Å². The molecule has 1 saturated heterocycles. The van der Waals surface area contributed by atoms with E-state index in [1.165, 1.54) is 7.11 Å². The molecule has 33 heavy (non-hydrogen) atoms. The van der Waals surface area contributed by atoms with E-state index < -0.39 is 55.2 Å². The van der Waals surface area contributed by atoms with Crippen LogP contribution in [0, 0.1) is 0 Å². The molecule has 9 heteroatoms. The third kappa shape index (κ3) is 7.52. The second-order valence-corrected chi connectivity index (χ2v) is 7.26. The lowest BCUT2D eigenvalue weighted by Gasteiger charge is -2.43. The molecule has 1 heterocycles. The number of rotatable bonds is 12. The predicted molar refractivity (Wildman–Crippen MR) is 117 cm³/mol.